The summed E-state index contributed by atoms with van der Waals surface area (Å²) in [5, 5.41) is 4.44. The first-order valence-electron chi connectivity index (χ1n) is 8.92. The molecule has 0 amide bonds. The molecule has 0 aliphatic carbocycles. The molecule has 0 saturated carbocycles. The highest BCUT2D eigenvalue weighted by Gasteiger charge is 2.18. The number of nitrogen functional groups attached to an aromatic ring is 1. The SMILES string of the molecule is C[C@@H](Oc1cc2cc(F)cc(F)c2nc1N)c1cc(OC=O)ccc1-n1cccn1. The number of fused-ring (bicyclic) bond motifs is 1. The van der Waals surface area contributed by atoms with E-state index in [-0.39, 0.29) is 22.5 Å². The van der Waals surface area contributed by atoms with E-state index in [9.17, 15) is 13.6 Å². The molecule has 0 fully saturated rings. The maximum absolute atomic E-state index is 14.0. The first kappa shape index (κ1) is 19.3. The summed E-state index contributed by atoms with van der Waals surface area (Å²) in [4.78, 5) is 14.7. The van der Waals surface area contributed by atoms with Crippen molar-refractivity contribution in [1.82, 2.24) is 14.8 Å². The Hall–Kier alpha value is -4.01. The minimum atomic E-state index is -0.809. The lowest BCUT2D eigenvalue weighted by Crippen LogP contribution is -2.10. The first-order chi connectivity index (χ1) is 14.5. The molecule has 2 heterocycles. The number of hydrogen-bond acceptors (Lipinski definition) is 6. The second-order valence-electron chi connectivity index (χ2n) is 6.48. The molecule has 2 aromatic carbocycles. The van der Waals surface area contributed by atoms with Crippen LogP contribution in [0.3, 0.4) is 0 Å². The van der Waals surface area contributed by atoms with Crippen LogP contribution in [0.1, 0.15) is 18.6 Å². The predicted molar refractivity (Wildman–Crippen MR) is 105 cm³/mol. The van der Waals surface area contributed by atoms with Crippen molar-refractivity contribution in [2.24, 2.45) is 0 Å². The predicted octanol–water partition coefficient (Wildman–Crippen LogP) is 3.96. The molecule has 0 unspecified atom stereocenters. The van der Waals surface area contributed by atoms with Crippen molar-refractivity contribution >= 4 is 23.2 Å². The van der Waals surface area contributed by atoms with Crippen LogP contribution in [0.25, 0.3) is 16.6 Å². The molecule has 0 bridgehead atoms. The normalized spacial score (nSPS) is 12.0. The van der Waals surface area contributed by atoms with E-state index < -0.39 is 17.7 Å². The number of carbonyl (C=O) groups is 1. The summed E-state index contributed by atoms with van der Waals surface area (Å²) in [5.41, 5.74) is 7.23. The van der Waals surface area contributed by atoms with Crippen molar-refractivity contribution in [2.45, 2.75) is 13.0 Å². The number of nitrogens with two attached hydrogens (primary N) is 1. The third kappa shape index (κ3) is 3.64. The van der Waals surface area contributed by atoms with E-state index in [2.05, 4.69) is 10.1 Å². The number of anilines is 1. The molecule has 2 aromatic heterocycles. The van der Waals surface area contributed by atoms with E-state index in [1.54, 1.807) is 48.3 Å². The van der Waals surface area contributed by atoms with Crippen LogP contribution in [0.2, 0.25) is 0 Å². The van der Waals surface area contributed by atoms with Gasteiger partial charge in [-0.15, -0.1) is 0 Å². The van der Waals surface area contributed by atoms with E-state index in [4.69, 9.17) is 15.2 Å². The Balaban J connectivity index is 1.75. The summed E-state index contributed by atoms with van der Waals surface area (Å²) in [6.07, 6.45) is 2.78. The Morgan fingerprint density at radius 2 is 2.03 bits per heavy atom. The molecular formula is C21H16F2N4O3. The fraction of sp³-hybridized carbons (Fsp3) is 0.0952. The third-order valence-corrected chi connectivity index (χ3v) is 4.51. The lowest BCUT2D eigenvalue weighted by molar-refractivity contribution is -0.120. The highest BCUT2D eigenvalue weighted by molar-refractivity contribution is 5.83. The van der Waals surface area contributed by atoms with Gasteiger partial charge in [-0.25, -0.2) is 18.4 Å². The van der Waals surface area contributed by atoms with E-state index in [1.807, 2.05) is 0 Å². The van der Waals surface area contributed by atoms with Crippen molar-refractivity contribution in [3.8, 4) is 17.2 Å². The largest absolute Gasteiger partial charge is 0.482 e. The van der Waals surface area contributed by atoms with Crippen molar-refractivity contribution in [3.63, 3.8) is 0 Å². The van der Waals surface area contributed by atoms with Gasteiger partial charge in [0, 0.05) is 29.4 Å². The van der Waals surface area contributed by atoms with Crippen molar-refractivity contribution in [2.75, 3.05) is 5.73 Å². The van der Waals surface area contributed by atoms with Crippen LogP contribution in [-0.4, -0.2) is 21.2 Å². The Kier molecular flexibility index (Phi) is 5.01. The van der Waals surface area contributed by atoms with Gasteiger partial charge in [0.25, 0.3) is 6.47 Å². The fourth-order valence-corrected chi connectivity index (χ4v) is 3.16. The van der Waals surface area contributed by atoms with E-state index in [1.165, 1.54) is 6.07 Å². The van der Waals surface area contributed by atoms with E-state index in [0.717, 1.165) is 12.1 Å². The molecule has 4 rings (SSSR count). The number of rotatable bonds is 6. The van der Waals surface area contributed by atoms with Crippen LogP contribution in [0.5, 0.6) is 11.5 Å². The van der Waals surface area contributed by atoms with Gasteiger partial charge >= 0.3 is 0 Å². The number of nitrogens with zero attached hydrogens (tertiary/aromatic N) is 3. The summed E-state index contributed by atoms with van der Waals surface area (Å²) < 4.78 is 40.1. The summed E-state index contributed by atoms with van der Waals surface area (Å²) >= 11 is 0. The van der Waals surface area contributed by atoms with Gasteiger partial charge in [0.15, 0.2) is 17.4 Å². The number of hydrogen-bond donors (Lipinski definition) is 1. The Bertz CT molecular complexity index is 1230. The second kappa shape index (κ2) is 7.78. The van der Waals surface area contributed by atoms with Crippen molar-refractivity contribution in [3.05, 3.63) is 72.1 Å². The molecule has 152 valence electrons. The highest BCUT2D eigenvalue weighted by Crippen LogP contribution is 2.33. The minimum Gasteiger partial charge on any atom is -0.482 e. The van der Waals surface area contributed by atoms with Crippen LogP contribution in [-0.2, 0) is 4.79 Å². The lowest BCUT2D eigenvalue weighted by Gasteiger charge is -2.20. The number of ether oxygens (including phenoxy) is 2. The fourth-order valence-electron chi connectivity index (χ4n) is 3.16. The number of benzene rings is 2. The van der Waals surface area contributed by atoms with Gasteiger partial charge in [-0.1, -0.05) is 0 Å². The molecule has 0 aliphatic heterocycles. The molecule has 7 nitrogen and oxygen atoms in total. The molecule has 0 aliphatic rings. The molecule has 4 aromatic rings. The summed E-state index contributed by atoms with van der Waals surface area (Å²) in [7, 11) is 0. The van der Waals surface area contributed by atoms with Crippen LogP contribution in [0.4, 0.5) is 14.6 Å². The number of aromatic nitrogens is 3. The quantitative estimate of drug-likeness (QED) is 0.484. The van der Waals surface area contributed by atoms with Gasteiger partial charge in [0.05, 0.1) is 5.69 Å². The summed E-state index contributed by atoms with van der Waals surface area (Å²) in [6.45, 7) is 2.08. The van der Waals surface area contributed by atoms with Gasteiger partial charge < -0.3 is 15.2 Å². The van der Waals surface area contributed by atoms with Gasteiger partial charge in [-0.2, -0.15) is 5.10 Å². The Labute approximate surface area is 169 Å². The van der Waals surface area contributed by atoms with Crippen LogP contribution in [0, 0.1) is 11.6 Å². The van der Waals surface area contributed by atoms with Gasteiger partial charge in [-0.3, -0.25) is 4.79 Å². The first-order valence-corrected chi connectivity index (χ1v) is 8.92. The van der Waals surface area contributed by atoms with Gasteiger partial charge in [0.1, 0.15) is 23.2 Å². The van der Waals surface area contributed by atoms with Crippen LogP contribution >= 0.6 is 0 Å². The molecule has 30 heavy (non-hydrogen) atoms. The van der Waals surface area contributed by atoms with E-state index >= 15 is 0 Å². The molecule has 2 N–H and O–H groups in total. The smallest absolute Gasteiger partial charge is 0.298 e. The van der Waals surface area contributed by atoms with Crippen LogP contribution in [0.15, 0.2) is 54.9 Å². The number of pyridine rings is 1. The average molecular weight is 410 g/mol. The Morgan fingerprint density at radius 3 is 2.77 bits per heavy atom. The van der Waals surface area contributed by atoms with Crippen molar-refractivity contribution < 1.29 is 23.0 Å². The molecular weight excluding hydrogens is 394 g/mol. The second-order valence-corrected chi connectivity index (χ2v) is 6.48. The van der Waals surface area contributed by atoms with Crippen LogP contribution < -0.4 is 15.2 Å². The zero-order valence-corrected chi connectivity index (χ0v) is 15.8. The molecule has 0 spiro atoms. The highest BCUT2D eigenvalue weighted by atomic mass is 19.1. The molecule has 9 heteroatoms. The minimum absolute atomic E-state index is 0.0409. The Morgan fingerprint density at radius 1 is 1.20 bits per heavy atom. The number of carbonyl (C=O) groups excluding carboxylic acids is 1. The monoisotopic (exact) mass is 410 g/mol. The molecule has 0 saturated heterocycles. The molecule has 0 radical (unpaired) electrons. The zero-order valence-electron chi connectivity index (χ0n) is 15.8. The third-order valence-electron chi connectivity index (χ3n) is 4.51. The summed E-state index contributed by atoms with van der Waals surface area (Å²) in [5.74, 6) is -1.10. The average Bonchev–Trinajstić information content (AvgIpc) is 3.24. The number of halogens is 2. The maximum Gasteiger partial charge on any atom is 0.298 e. The molecule has 1 atom stereocenters. The lowest BCUT2D eigenvalue weighted by atomic mass is 10.1. The summed E-state index contributed by atoms with van der Waals surface area (Å²) in [6, 6.07) is 10.1. The van der Waals surface area contributed by atoms with E-state index in [0.29, 0.717) is 23.5 Å². The zero-order chi connectivity index (χ0) is 21.3. The standard InChI is InChI=1S/C21H16F2N4O3/c1-12(16-10-15(29-11-28)3-4-18(16)27-6-2-5-25-27)30-19-8-13-7-14(22)9-17(23)20(13)26-21(19)24/h2-12H,1H3,(H2,24,26)/t12-/m1/s1. The van der Waals surface area contributed by atoms with Gasteiger partial charge in [0.2, 0.25) is 0 Å². The topological polar surface area (TPSA) is 92.3 Å². The van der Waals surface area contributed by atoms with Gasteiger partial charge in [-0.05, 0) is 43.3 Å². The van der Waals surface area contributed by atoms with Crippen molar-refractivity contribution in [1.29, 1.82) is 0 Å². The maximum atomic E-state index is 14.0.